The quantitative estimate of drug-likeness (QED) is 0.822. The number of nitrogens with two attached hydrogens (primary N) is 1. The maximum atomic E-state index is 11.8. The van der Waals surface area contributed by atoms with Gasteiger partial charge in [-0.2, -0.15) is 0 Å². The van der Waals surface area contributed by atoms with Crippen LogP contribution in [0.4, 0.5) is 0 Å². The number of carbonyl (C=O) groups excluding carboxylic acids is 1. The first-order chi connectivity index (χ1) is 8.06. The molecule has 1 rings (SSSR count). The Morgan fingerprint density at radius 1 is 1.47 bits per heavy atom. The van der Waals surface area contributed by atoms with E-state index in [1.165, 1.54) is 0 Å². The first kappa shape index (κ1) is 13.7. The van der Waals surface area contributed by atoms with Crippen molar-refractivity contribution in [2.45, 2.75) is 39.2 Å². The van der Waals surface area contributed by atoms with Gasteiger partial charge >= 0.3 is 0 Å². The molecule has 17 heavy (non-hydrogen) atoms. The van der Waals surface area contributed by atoms with Crippen LogP contribution in [0.25, 0.3) is 0 Å². The zero-order valence-electron chi connectivity index (χ0n) is 10.8. The van der Waals surface area contributed by atoms with E-state index in [4.69, 9.17) is 10.5 Å². The normalized spacial score (nSPS) is 12.2. The SMILES string of the molecule is CCC(N)CC(=O)Cc1cc(C)ccc1OC. The van der Waals surface area contributed by atoms with E-state index in [1.807, 2.05) is 32.0 Å². The van der Waals surface area contributed by atoms with Crippen molar-refractivity contribution in [2.24, 2.45) is 5.73 Å². The Bertz CT molecular complexity index is 388. The van der Waals surface area contributed by atoms with Gasteiger partial charge in [0.2, 0.25) is 0 Å². The Morgan fingerprint density at radius 3 is 2.76 bits per heavy atom. The molecule has 0 aromatic heterocycles. The summed E-state index contributed by atoms with van der Waals surface area (Å²) in [5.74, 6) is 0.942. The van der Waals surface area contributed by atoms with Crippen LogP contribution in [-0.4, -0.2) is 18.9 Å². The average molecular weight is 235 g/mol. The maximum Gasteiger partial charge on any atom is 0.138 e. The van der Waals surface area contributed by atoms with E-state index in [-0.39, 0.29) is 11.8 Å². The van der Waals surface area contributed by atoms with Crippen molar-refractivity contribution in [3.05, 3.63) is 29.3 Å². The Morgan fingerprint density at radius 2 is 2.18 bits per heavy atom. The van der Waals surface area contributed by atoms with E-state index in [9.17, 15) is 4.79 Å². The number of Topliss-reactive ketones (excluding diaryl/α,β-unsaturated/α-hetero) is 1. The third kappa shape index (κ3) is 4.19. The third-order valence-electron chi connectivity index (χ3n) is 2.84. The molecule has 0 radical (unpaired) electrons. The third-order valence-corrected chi connectivity index (χ3v) is 2.84. The minimum atomic E-state index is -0.0293. The number of hydrogen-bond acceptors (Lipinski definition) is 3. The zero-order chi connectivity index (χ0) is 12.8. The lowest BCUT2D eigenvalue weighted by Gasteiger charge is -2.11. The summed E-state index contributed by atoms with van der Waals surface area (Å²) in [6.45, 7) is 4.00. The van der Waals surface area contributed by atoms with Crippen LogP contribution in [0.3, 0.4) is 0 Å². The van der Waals surface area contributed by atoms with Crippen molar-refractivity contribution < 1.29 is 9.53 Å². The van der Waals surface area contributed by atoms with E-state index < -0.39 is 0 Å². The summed E-state index contributed by atoms with van der Waals surface area (Å²) in [5, 5.41) is 0. The summed E-state index contributed by atoms with van der Waals surface area (Å²) in [6, 6.07) is 5.84. The number of benzene rings is 1. The number of ketones is 1. The lowest BCUT2D eigenvalue weighted by molar-refractivity contribution is -0.118. The summed E-state index contributed by atoms with van der Waals surface area (Å²) in [6.07, 6.45) is 1.67. The van der Waals surface area contributed by atoms with Crippen molar-refractivity contribution in [3.8, 4) is 5.75 Å². The van der Waals surface area contributed by atoms with Crippen molar-refractivity contribution in [1.29, 1.82) is 0 Å². The van der Waals surface area contributed by atoms with Gasteiger partial charge in [-0.3, -0.25) is 4.79 Å². The van der Waals surface area contributed by atoms with Gasteiger partial charge < -0.3 is 10.5 Å². The monoisotopic (exact) mass is 235 g/mol. The highest BCUT2D eigenvalue weighted by Gasteiger charge is 2.11. The van der Waals surface area contributed by atoms with Crippen LogP contribution in [0.1, 0.15) is 30.9 Å². The van der Waals surface area contributed by atoms with E-state index in [0.717, 1.165) is 23.3 Å². The number of ether oxygens (including phenoxy) is 1. The summed E-state index contributed by atoms with van der Waals surface area (Å²) in [4.78, 5) is 11.8. The molecule has 1 unspecified atom stereocenters. The molecule has 0 aliphatic carbocycles. The molecule has 3 nitrogen and oxygen atoms in total. The molecule has 0 saturated carbocycles. The van der Waals surface area contributed by atoms with Crippen LogP contribution in [0, 0.1) is 6.92 Å². The standard InChI is InChI=1S/C14H21NO2/c1-4-12(15)9-13(16)8-11-7-10(2)5-6-14(11)17-3/h5-7,12H,4,8-9,15H2,1-3H3. The fourth-order valence-corrected chi connectivity index (χ4v) is 1.77. The van der Waals surface area contributed by atoms with E-state index in [1.54, 1.807) is 7.11 Å². The highest BCUT2D eigenvalue weighted by Crippen LogP contribution is 2.20. The first-order valence-electron chi connectivity index (χ1n) is 5.97. The van der Waals surface area contributed by atoms with Crippen molar-refractivity contribution in [1.82, 2.24) is 0 Å². The van der Waals surface area contributed by atoms with Gasteiger partial charge in [-0.15, -0.1) is 0 Å². The van der Waals surface area contributed by atoms with Crippen LogP contribution < -0.4 is 10.5 Å². The van der Waals surface area contributed by atoms with Crippen molar-refractivity contribution >= 4 is 5.78 Å². The molecular formula is C14H21NO2. The number of carbonyl (C=O) groups is 1. The maximum absolute atomic E-state index is 11.8. The average Bonchev–Trinajstić information content (AvgIpc) is 2.29. The second kappa shape index (κ2) is 6.40. The van der Waals surface area contributed by atoms with Gasteiger partial charge in [-0.25, -0.2) is 0 Å². The van der Waals surface area contributed by atoms with Crippen LogP contribution in [-0.2, 0) is 11.2 Å². The topological polar surface area (TPSA) is 52.3 Å². The molecule has 3 heteroatoms. The fraction of sp³-hybridized carbons (Fsp3) is 0.500. The van der Waals surface area contributed by atoms with Crippen LogP contribution in [0.2, 0.25) is 0 Å². The molecule has 0 heterocycles. The van der Waals surface area contributed by atoms with Crippen molar-refractivity contribution in [2.75, 3.05) is 7.11 Å². The smallest absolute Gasteiger partial charge is 0.138 e. The van der Waals surface area contributed by atoms with Crippen LogP contribution in [0.5, 0.6) is 5.75 Å². The molecule has 0 bridgehead atoms. The minimum absolute atomic E-state index is 0.0293. The second-order valence-corrected chi connectivity index (χ2v) is 4.40. The Hall–Kier alpha value is -1.35. The van der Waals surface area contributed by atoms with E-state index in [0.29, 0.717) is 12.8 Å². The highest BCUT2D eigenvalue weighted by atomic mass is 16.5. The molecule has 0 amide bonds. The molecule has 94 valence electrons. The summed E-state index contributed by atoms with van der Waals surface area (Å²) in [7, 11) is 1.62. The summed E-state index contributed by atoms with van der Waals surface area (Å²) >= 11 is 0. The molecular weight excluding hydrogens is 214 g/mol. The fourth-order valence-electron chi connectivity index (χ4n) is 1.77. The Kier molecular flexibility index (Phi) is 5.16. The van der Waals surface area contributed by atoms with Gasteiger partial charge in [0, 0.05) is 24.4 Å². The lowest BCUT2D eigenvalue weighted by Crippen LogP contribution is -2.23. The zero-order valence-corrected chi connectivity index (χ0v) is 10.8. The number of rotatable bonds is 6. The van der Waals surface area contributed by atoms with Gasteiger partial charge in [0.25, 0.3) is 0 Å². The largest absolute Gasteiger partial charge is 0.496 e. The van der Waals surface area contributed by atoms with Crippen LogP contribution >= 0.6 is 0 Å². The van der Waals surface area contributed by atoms with Gasteiger partial charge in [0.05, 0.1) is 7.11 Å². The number of hydrogen-bond donors (Lipinski definition) is 1. The summed E-state index contributed by atoms with van der Waals surface area (Å²) < 4.78 is 5.25. The van der Waals surface area contributed by atoms with Gasteiger partial charge in [0.1, 0.15) is 11.5 Å². The first-order valence-corrected chi connectivity index (χ1v) is 5.97. The molecule has 1 aromatic rings. The number of aryl methyl sites for hydroxylation is 1. The molecule has 0 spiro atoms. The molecule has 0 aliphatic heterocycles. The molecule has 2 N–H and O–H groups in total. The minimum Gasteiger partial charge on any atom is -0.496 e. The molecule has 0 fully saturated rings. The van der Waals surface area contributed by atoms with Gasteiger partial charge in [0.15, 0.2) is 0 Å². The second-order valence-electron chi connectivity index (χ2n) is 4.40. The summed E-state index contributed by atoms with van der Waals surface area (Å²) in [5.41, 5.74) is 7.85. The van der Waals surface area contributed by atoms with Crippen LogP contribution in [0.15, 0.2) is 18.2 Å². The highest BCUT2D eigenvalue weighted by molar-refractivity contribution is 5.82. The van der Waals surface area contributed by atoms with Crippen molar-refractivity contribution in [3.63, 3.8) is 0 Å². The van der Waals surface area contributed by atoms with Gasteiger partial charge in [-0.1, -0.05) is 24.6 Å². The molecule has 1 aromatic carbocycles. The Labute approximate surface area is 103 Å². The molecule has 0 aliphatic rings. The molecule has 0 saturated heterocycles. The molecule has 1 atom stereocenters. The predicted molar refractivity (Wildman–Crippen MR) is 69.3 cm³/mol. The number of methoxy groups -OCH3 is 1. The lowest BCUT2D eigenvalue weighted by atomic mass is 10.0. The van der Waals surface area contributed by atoms with E-state index in [2.05, 4.69) is 0 Å². The predicted octanol–water partition coefficient (Wildman–Crippen LogP) is 2.24. The van der Waals surface area contributed by atoms with Gasteiger partial charge in [-0.05, 0) is 19.4 Å². The van der Waals surface area contributed by atoms with E-state index >= 15 is 0 Å². The Balaban J connectivity index is 2.73.